The Bertz CT molecular complexity index is 660. The first-order chi connectivity index (χ1) is 9.76. The van der Waals surface area contributed by atoms with E-state index in [9.17, 15) is 4.79 Å². The fourth-order valence-corrected chi connectivity index (χ4v) is 1.25. The van der Waals surface area contributed by atoms with Crippen molar-refractivity contribution in [1.82, 2.24) is 0 Å². The van der Waals surface area contributed by atoms with Crippen molar-refractivity contribution in [2.24, 2.45) is 0 Å². The summed E-state index contributed by atoms with van der Waals surface area (Å²) in [6, 6.07) is 7.40. The standard InChI is InChI=1S/C18H14O2/c1-3-4-5-6-7-8-9-17(19)13-10-16-11-14-18(20-2)15-12-16/h10-15H,7H2,1-2H3. The summed E-state index contributed by atoms with van der Waals surface area (Å²) in [5, 5.41) is 0. The van der Waals surface area contributed by atoms with Crippen LogP contribution in [0.4, 0.5) is 0 Å². The number of hydrogen-bond donors (Lipinski definition) is 0. The van der Waals surface area contributed by atoms with Gasteiger partial charge in [0.2, 0.25) is 5.78 Å². The van der Waals surface area contributed by atoms with E-state index in [1.54, 1.807) is 20.1 Å². The summed E-state index contributed by atoms with van der Waals surface area (Å²) in [5.41, 5.74) is 0.916. The van der Waals surface area contributed by atoms with Crippen molar-refractivity contribution in [3.8, 4) is 41.3 Å². The van der Waals surface area contributed by atoms with Gasteiger partial charge in [-0.25, -0.2) is 0 Å². The summed E-state index contributed by atoms with van der Waals surface area (Å²) in [6.07, 6.45) is 3.50. The molecule has 0 aliphatic rings. The molecule has 0 bridgehead atoms. The second-order valence-electron chi connectivity index (χ2n) is 3.63. The normalized spacial score (nSPS) is 8.50. The second-order valence-corrected chi connectivity index (χ2v) is 3.63. The minimum atomic E-state index is -0.246. The van der Waals surface area contributed by atoms with Gasteiger partial charge in [0.1, 0.15) is 5.75 Å². The molecular weight excluding hydrogens is 248 g/mol. The van der Waals surface area contributed by atoms with Crippen molar-refractivity contribution >= 4 is 11.9 Å². The third-order valence-electron chi connectivity index (χ3n) is 2.21. The molecule has 0 fully saturated rings. The maximum Gasteiger partial charge on any atom is 0.228 e. The Hall–Kier alpha value is -2.89. The van der Waals surface area contributed by atoms with Crippen molar-refractivity contribution in [1.29, 1.82) is 0 Å². The number of carbonyl (C=O) groups is 1. The second kappa shape index (κ2) is 9.09. The molecule has 0 aliphatic heterocycles. The van der Waals surface area contributed by atoms with Gasteiger partial charge < -0.3 is 4.74 Å². The quantitative estimate of drug-likeness (QED) is 0.475. The lowest BCUT2D eigenvalue weighted by molar-refractivity contribution is -0.109. The molecule has 0 unspecified atom stereocenters. The fourth-order valence-electron chi connectivity index (χ4n) is 1.25. The molecule has 0 aliphatic carbocycles. The van der Waals surface area contributed by atoms with E-state index in [0.29, 0.717) is 6.42 Å². The molecule has 1 aromatic rings. The van der Waals surface area contributed by atoms with Crippen LogP contribution in [0.2, 0.25) is 0 Å². The summed E-state index contributed by atoms with van der Waals surface area (Å²) in [6.45, 7) is 1.72. The molecule has 0 aromatic heterocycles. The van der Waals surface area contributed by atoms with Gasteiger partial charge in [0.15, 0.2) is 0 Å². The van der Waals surface area contributed by atoms with Gasteiger partial charge in [-0.05, 0) is 48.5 Å². The number of methoxy groups -OCH3 is 1. The number of allylic oxidation sites excluding steroid dienone is 1. The van der Waals surface area contributed by atoms with E-state index >= 15 is 0 Å². The minimum Gasteiger partial charge on any atom is -0.497 e. The van der Waals surface area contributed by atoms with E-state index < -0.39 is 0 Å². The first-order valence-electron chi connectivity index (χ1n) is 6.01. The summed E-state index contributed by atoms with van der Waals surface area (Å²) >= 11 is 0. The number of rotatable bonds is 3. The van der Waals surface area contributed by atoms with Crippen LogP contribution >= 0.6 is 0 Å². The van der Waals surface area contributed by atoms with Gasteiger partial charge in [-0.2, -0.15) is 0 Å². The third-order valence-corrected chi connectivity index (χ3v) is 2.21. The fraction of sp³-hybridized carbons (Fsp3) is 0.167. The van der Waals surface area contributed by atoms with Crippen LogP contribution in [0.15, 0.2) is 30.3 Å². The van der Waals surface area contributed by atoms with E-state index in [1.807, 2.05) is 24.3 Å². The topological polar surface area (TPSA) is 26.3 Å². The monoisotopic (exact) mass is 262 g/mol. The molecule has 0 spiro atoms. The number of carbonyl (C=O) groups excluding carboxylic acids is 1. The highest BCUT2D eigenvalue weighted by Gasteiger charge is 1.91. The largest absolute Gasteiger partial charge is 0.497 e. The highest BCUT2D eigenvalue weighted by Crippen LogP contribution is 2.12. The van der Waals surface area contributed by atoms with E-state index in [4.69, 9.17) is 4.74 Å². The van der Waals surface area contributed by atoms with Gasteiger partial charge in [-0.1, -0.05) is 36.0 Å². The molecule has 0 N–H and O–H groups in total. The average Bonchev–Trinajstić information content (AvgIpc) is 2.49. The van der Waals surface area contributed by atoms with Gasteiger partial charge in [-0.3, -0.25) is 4.79 Å². The average molecular weight is 262 g/mol. The van der Waals surface area contributed by atoms with Gasteiger partial charge in [0, 0.05) is 0 Å². The zero-order valence-corrected chi connectivity index (χ0v) is 11.5. The lowest BCUT2D eigenvalue weighted by Gasteiger charge is -1.98. The summed E-state index contributed by atoms with van der Waals surface area (Å²) in [5.74, 6) is 16.3. The number of benzene rings is 1. The van der Waals surface area contributed by atoms with Crippen LogP contribution in [0.5, 0.6) is 5.75 Å². The van der Waals surface area contributed by atoms with Gasteiger partial charge in [0.25, 0.3) is 0 Å². The van der Waals surface area contributed by atoms with Gasteiger partial charge >= 0.3 is 0 Å². The molecular formula is C18H14O2. The Balaban J connectivity index is 2.52. The predicted octanol–water partition coefficient (Wildman–Crippen LogP) is 2.70. The van der Waals surface area contributed by atoms with Crippen molar-refractivity contribution in [3.63, 3.8) is 0 Å². The Kier molecular flexibility index (Phi) is 6.90. The zero-order chi connectivity index (χ0) is 14.6. The summed E-state index contributed by atoms with van der Waals surface area (Å²) in [4.78, 5) is 11.5. The van der Waals surface area contributed by atoms with Crippen molar-refractivity contribution in [2.75, 3.05) is 7.11 Å². The Morgan fingerprint density at radius 3 is 2.60 bits per heavy atom. The molecule has 1 aromatic carbocycles. The van der Waals surface area contributed by atoms with Crippen LogP contribution in [0.3, 0.4) is 0 Å². The maximum atomic E-state index is 11.5. The molecule has 0 amide bonds. The molecule has 20 heavy (non-hydrogen) atoms. The van der Waals surface area contributed by atoms with E-state index in [2.05, 4.69) is 35.5 Å². The smallest absolute Gasteiger partial charge is 0.228 e. The molecule has 2 nitrogen and oxygen atoms in total. The molecule has 0 radical (unpaired) electrons. The number of ketones is 1. The van der Waals surface area contributed by atoms with Crippen LogP contribution in [0.1, 0.15) is 18.9 Å². The van der Waals surface area contributed by atoms with Crippen LogP contribution < -0.4 is 4.74 Å². The first-order valence-corrected chi connectivity index (χ1v) is 6.01. The van der Waals surface area contributed by atoms with Gasteiger partial charge in [-0.15, -0.1) is 0 Å². The third kappa shape index (κ3) is 6.15. The molecule has 2 heteroatoms. The van der Waals surface area contributed by atoms with Crippen molar-refractivity contribution in [3.05, 3.63) is 35.9 Å². The summed E-state index contributed by atoms with van der Waals surface area (Å²) < 4.78 is 5.05. The number of ether oxygens (including phenoxy) is 1. The Labute approximate surface area is 119 Å². The summed E-state index contributed by atoms with van der Waals surface area (Å²) in [7, 11) is 1.61. The highest BCUT2D eigenvalue weighted by atomic mass is 16.5. The van der Waals surface area contributed by atoms with E-state index in [0.717, 1.165) is 11.3 Å². The zero-order valence-electron chi connectivity index (χ0n) is 11.5. The Morgan fingerprint density at radius 2 is 1.95 bits per heavy atom. The lowest BCUT2D eigenvalue weighted by atomic mass is 10.2. The van der Waals surface area contributed by atoms with E-state index in [-0.39, 0.29) is 5.78 Å². The Morgan fingerprint density at radius 1 is 1.20 bits per heavy atom. The van der Waals surface area contributed by atoms with Crippen LogP contribution in [-0.4, -0.2) is 12.9 Å². The molecule has 0 heterocycles. The molecule has 1 rings (SSSR count). The minimum absolute atomic E-state index is 0.246. The van der Waals surface area contributed by atoms with Crippen LogP contribution in [0.25, 0.3) is 6.08 Å². The predicted molar refractivity (Wildman–Crippen MR) is 80.7 cm³/mol. The van der Waals surface area contributed by atoms with Crippen molar-refractivity contribution < 1.29 is 9.53 Å². The van der Waals surface area contributed by atoms with Crippen LogP contribution in [0, 0.1) is 35.5 Å². The molecule has 0 atom stereocenters. The highest BCUT2D eigenvalue weighted by molar-refractivity contribution is 6.06. The first kappa shape index (κ1) is 15.2. The van der Waals surface area contributed by atoms with Crippen molar-refractivity contribution in [2.45, 2.75) is 13.3 Å². The molecule has 0 saturated heterocycles. The lowest BCUT2D eigenvalue weighted by Crippen LogP contribution is -1.86. The molecule has 98 valence electrons. The van der Waals surface area contributed by atoms with Crippen LogP contribution in [-0.2, 0) is 4.79 Å². The maximum absolute atomic E-state index is 11.5. The van der Waals surface area contributed by atoms with Gasteiger partial charge in [0.05, 0.1) is 13.5 Å². The molecule has 0 saturated carbocycles. The number of hydrogen-bond acceptors (Lipinski definition) is 2. The van der Waals surface area contributed by atoms with E-state index in [1.165, 1.54) is 6.08 Å². The SMILES string of the molecule is CC#CC#CCC#CC(=O)C=Cc1ccc(OC)cc1.